The van der Waals surface area contributed by atoms with Gasteiger partial charge in [0.05, 0.1) is 11.6 Å². The van der Waals surface area contributed by atoms with E-state index in [4.69, 9.17) is 19.0 Å². The van der Waals surface area contributed by atoms with Gasteiger partial charge in [-0.05, 0) is 17.7 Å². The minimum atomic E-state index is -4.32. The van der Waals surface area contributed by atoms with E-state index in [9.17, 15) is 27.8 Å². The number of aryl methyl sites for hydroxylation is 1. The molecule has 14 nitrogen and oxygen atoms in total. The van der Waals surface area contributed by atoms with Crippen molar-refractivity contribution in [3.8, 4) is 11.9 Å². The molecule has 1 saturated carbocycles. The van der Waals surface area contributed by atoms with Crippen LogP contribution in [0.3, 0.4) is 0 Å². The first-order valence-corrected chi connectivity index (χ1v) is 15.2. The molecule has 3 N–H and O–H groups in total. The number of pyridine rings is 2. The first-order chi connectivity index (χ1) is 19.0. The van der Waals surface area contributed by atoms with Crippen LogP contribution in [0.2, 0.25) is 0 Å². The molecular weight excluding hydrogens is 565 g/mol. The van der Waals surface area contributed by atoms with Crippen LogP contribution in [0.5, 0.6) is 5.88 Å². The number of nitrogens with zero attached hydrogens (tertiary/aromatic N) is 4. The molecule has 1 amide bonds. The summed E-state index contributed by atoms with van der Waals surface area (Å²) in [6.07, 6.45) is 2.01. The molecule has 0 atom stereocenters. The van der Waals surface area contributed by atoms with Crippen molar-refractivity contribution in [2.45, 2.75) is 24.1 Å². The molecule has 2 fully saturated rings. The van der Waals surface area contributed by atoms with Crippen LogP contribution in [0.1, 0.15) is 34.3 Å². The van der Waals surface area contributed by atoms with Gasteiger partial charge in [0.1, 0.15) is 0 Å². The van der Waals surface area contributed by atoms with E-state index in [1.54, 1.807) is 30.3 Å². The number of nitrogens with one attached hydrogen (secondary N) is 1. The summed E-state index contributed by atoms with van der Waals surface area (Å²) in [6, 6.07) is 11.7. The zero-order valence-electron chi connectivity index (χ0n) is 21.2. The summed E-state index contributed by atoms with van der Waals surface area (Å²) < 4.78 is 42.6. The molecule has 0 radical (unpaired) electrons. The van der Waals surface area contributed by atoms with Gasteiger partial charge in [0.2, 0.25) is 0 Å². The number of ether oxygens (including phenoxy) is 1. The van der Waals surface area contributed by atoms with Crippen molar-refractivity contribution in [1.82, 2.24) is 19.2 Å². The second kappa shape index (κ2) is 10.5. The van der Waals surface area contributed by atoms with Crippen LogP contribution < -0.4 is 15.6 Å². The number of hydrogen-bond acceptors (Lipinski definition) is 11. The van der Waals surface area contributed by atoms with Crippen molar-refractivity contribution in [2.24, 2.45) is 7.05 Å². The first-order valence-electron chi connectivity index (χ1n) is 12.1. The molecule has 3 aromatic rings. The summed E-state index contributed by atoms with van der Waals surface area (Å²) in [6.45, 7) is -1.24. The van der Waals surface area contributed by atoms with E-state index in [0.717, 1.165) is 9.87 Å². The standard InChI is InChI=1S/C24H26N5O9PS/c1-28-20-18(10-19(23(28)31)21(30)27-12-17-4-2-16(11-25)3-5-17)6-9-26-22(20)36-13-24(7-8-24)40(34,35)29-14-37-39(32,33)38-15-29/h2-6,9-10,32-33,39H,7-8,12-15H2,1H3,(H,27,30). The predicted molar refractivity (Wildman–Crippen MR) is 142 cm³/mol. The van der Waals surface area contributed by atoms with Crippen LogP contribution >= 0.6 is 8.17 Å². The quantitative estimate of drug-likeness (QED) is 0.311. The number of amides is 1. The number of benzene rings is 1. The second-order valence-corrected chi connectivity index (χ2v) is 13.5. The van der Waals surface area contributed by atoms with Gasteiger partial charge in [0.25, 0.3) is 5.91 Å². The number of sulfonamides is 1. The Kier molecular flexibility index (Phi) is 7.36. The van der Waals surface area contributed by atoms with Crippen molar-refractivity contribution in [2.75, 3.05) is 20.1 Å². The summed E-state index contributed by atoms with van der Waals surface area (Å²) in [4.78, 5) is 49.1. The Morgan fingerprint density at radius 3 is 2.52 bits per heavy atom. The zero-order chi connectivity index (χ0) is 28.7. The molecule has 1 aliphatic carbocycles. The molecule has 0 unspecified atom stereocenters. The van der Waals surface area contributed by atoms with Crippen LogP contribution in [0.25, 0.3) is 10.9 Å². The van der Waals surface area contributed by atoms with Gasteiger partial charge in [0.15, 0.2) is 0 Å². The van der Waals surface area contributed by atoms with E-state index in [1.165, 1.54) is 23.9 Å². The zero-order valence-corrected chi connectivity index (χ0v) is 23.0. The number of carbonyl (C=O) groups excluding carboxylic acids is 1. The van der Waals surface area contributed by atoms with Crippen LogP contribution in [0.4, 0.5) is 0 Å². The molecular formula is C24H26N5O9PS. The first kappa shape index (κ1) is 28.1. The molecule has 0 spiro atoms. The van der Waals surface area contributed by atoms with Gasteiger partial charge >= 0.3 is 160 Å². The van der Waals surface area contributed by atoms with Gasteiger partial charge in [-0.1, -0.05) is 12.1 Å². The Morgan fingerprint density at radius 1 is 1.23 bits per heavy atom. The van der Waals surface area contributed by atoms with Crippen LogP contribution in [0, 0.1) is 11.3 Å². The molecule has 5 rings (SSSR count). The predicted octanol–water partition coefficient (Wildman–Crippen LogP) is 0.635. The normalized spacial score (nSPS) is 18.9. The number of aromatic nitrogens is 2. The fourth-order valence-corrected chi connectivity index (χ4v) is 6.94. The van der Waals surface area contributed by atoms with E-state index < -0.39 is 47.9 Å². The van der Waals surface area contributed by atoms with E-state index in [-0.39, 0.29) is 30.1 Å². The third-order valence-electron chi connectivity index (χ3n) is 6.83. The number of fused-ring (bicyclic) bond motifs is 1. The maximum absolute atomic E-state index is 13.2. The summed E-state index contributed by atoms with van der Waals surface area (Å²) in [7, 11) is -6.86. The molecule has 1 aliphatic heterocycles. The Hall–Kier alpha value is -3.48. The molecule has 16 heteroatoms. The summed E-state index contributed by atoms with van der Waals surface area (Å²) >= 11 is 0. The Bertz CT molecular complexity index is 1670. The molecule has 1 saturated heterocycles. The summed E-state index contributed by atoms with van der Waals surface area (Å²) in [5.41, 5.74) is 0.834. The van der Waals surface area contributed by atoms with Gasteiger partial charge in [-0.2, -0.15) is 5.26 Å². The fraction of sp³-hybridized carbons (Fsp3) is 0.333. The van der Waals surface area contributed by atoms with E-state index in [0.29, 0.717) is 23.8 Å². The SMILES string of the molecule is Cn1c(=O)c(C(=O)NCc2ccc(C#N)cc2)cc2ccnc(OCC3(S(=O)(=O)N4CO[PH](O)(O)OC4)CC3)c21. The maximum atomic E-state index is 13.2. The van der Waals surface area contributed by atoms with Crippen molar-refractivity contribution in [3.63, 3.8) is 0 Å². The van der Waals surface area contributed by atoms with Crippen molar-refractivity contribution in [1.29, 1.82) is 5.26 Å². The topological polar surface area (TPSA) is 193 Å². The van der Waals surface area contributed by atoms with Gasteiger partial charge in [-0.25, -0.2) is 0 Å². The number of nitriles is 1. The summed E-state index contributed by atoms with van der Waals surface area (Å²) in [5.74, 6) is -0.565. The fourth-order valence-electron chi connectivity index (χ4n) is 4.26. The van der Waals surface area contributed by atoms with Gasteiger partial charge in [0, 0.05) is 6.54 Å². The number of hydrogen-bond donors (Lipinski definition) is 3. The van der Waals surface area contributed by atoms with Crippen LogP contribution in [-0.4, -0.2) is 62.8 Å². The third kappa shape index (κ3) is 5.30. The Labute approximate surface area is 229 Å². The molecule has 212 valence electrons. The molecule has 2 aliphatic rings. The van der Waals surface area contributed by atoms with E-state index >= 15 is 0 Å². The molecule has 3 heterocycles. The van der Waals surface area contributed by atoms with Crippen molar-refractivity contribution in [3.05, 3.63) is 69.6 Å². The molecule has 1 aromatic carbocycles. The van der Waals surface area contributed by atoms with Gasteiger partial charge < -0.3 is 5.32 Å². The van der Waals surface area contributed by atoms with Crippen molar-refractivity contribution < 1.29 is 36.8 Å². The van der Waals surface area contributed by atoms with Gasteiger partial charge in [-0.3, -0.25) is 4.79 Å². The summed E-state index contributed by atoms with van der Waals surface area (Å²) in [5, 5.41) is 12.1. The average Bonchev–Trinajstić information content (AvgIpc) is 3.74. The second-order valence-electron chi connectivity index (χ2n) is 9.49. The third-order valence-corrected chi connectivity index (χ3v) is 10.4. The average molecular weight is 592 g/mol. The van der Waals surface area contributed by atoms with E-state index in [2.05, 4.69) is 10.3 Å². The number of rotatable bonds is 8. The Morgan fingerprint density at radius 2 is 1.90 bits per heavy atom. The van der Waals surface area contributed by atoms with Gasteiger partial charge in [-0.15, -0.1) is 0 Å². The van der Waals surface area contributed by atoms with Crippen molar-refractivity contribution >= 4 is 35.0 Å². The minimum absolute atomic E-state index is 0.0198. The molecule has 40 heavy (non-hydrogen) atoms. The van der Waals surface area contributed by atoms with E-state index in [1.807, 2.05) is 6.07 Å². The molecule has 0 bridgehead atoms. The monoisotopic (exact) mass is 591 g/mol. The van der Waals surface area contributed by atoms with Crippen LogP contribution in [-0.2, 0) is 32.7 Å². The molecule has 2 aromatic heterocycles. The van der Waals surface area contributed by atoms with Crippen LogP contribution in [0.15, 0.2) is 47.4 Å². The Balaban J connectivity index is 1.33. The number of carbonyl (C=O) groups is 1.